The number of rotatable bonds is 7. The number of hydrogen-bond donors (Lipinski definition) is 1. The van der Waals surface area contributed by atoms with E-state index in [4.69, 9.17) is 4.74 Å². The van der Waals surface area contributed by atoms with Crippen LogP contribution in [0.4, 0.5) is 0 Å². The number of aromatic nitrogens is 3. The van der Waals surface area contributed by atoms with Crippen molar-refractivity contribution in [1.29, 1.82) is 0 Å². The highest BCUT2D eigenvalue weighted by Crippen LogP contribution is 2.15. The van der Waals surface area contributed by atoms with Gasteiger partial charge in [0, 0.05) is 30.7 Å². The van der Waals surface area contributed by atoms with Crippen molar-refractivity contribution >= 4 is 5.91 Å². The zero-order valence-corrected chi connectivity index (χ0v) is 12.3. The van der Waals surface area contributed by atoms with Crippen molar-refractivity contribution < 1.29 is 9.53 Å². The number of hydrogen-bond acceptors (Lipinski definition) is 4. The minimum atomic E-state index is -0.299. The van der Waals surface area contributed by atoms with E-state index < -0.39 is 0 Å². The molecule has 2 aromatic heterocycles. The second-order valence-corrected chi connectivity index (χ2v) is 4.53. The number of ether oxygens (including phenoxy) is 1. The van der Waals surface area contributed by atoms with E-state index in [2.05, 4.69) is 15.4 Å². The number of amides is 1. The van der Waals surface area contributed by atoms with Crippen LogP contribution in [-0.4, -0.2) is 27.3 Å². The Morgan fingerprint density at radius 3 is 2.90 bits per heavy atom. The molecule has 0 fully saturated rings. The van der Waals surface area contributed by atoms with Gasteiger partial charge in [-0.15, -0.1) is 0 Å². The zero-order valence-electron chi connectivity index (χ0n) is 12.3. The van der Waals surface area contributed by atoms with Gasteiger partial charge in [0.1, 0.15) is 6.04 Å². The molecule has 0 aliphatic heterocycles. The van der Waals surface area contributed by atoms with Gasteiger partial charge in [-0.1, -0.05) is 13.0 Å². The smallest absolute Gasteiger partial charge is 0.245 e. The molecule has 0 saturated carbocycles. The van der Waals surface area contributed by atoms with Gasteiger partial charge in [-0.25, -0.2) is 4.98 Å². The third-order valence-electron chi connectivity index (χ3n) is 3.12. The molecule has 2 rings (SSSR count). The van der Waals surface area contributed by atoms with Crippen LogP contribution in [-0.2, 0) is 11.3 Å². The van der Waals surface area contributed by atoms with Crippen molar-refractivity contribution in [2.24, 2.45) is 0 Å². The van der Waals surface area contributed by atoms with Crippen LogP contribution in [0.2, 0.25) is 0 Å². The van der Waals surface area contributed by atoms with Gasteiger partial charge in [0.05, 0.1) is 6.61 Å². The molecule has 0 aliphatic rings. The van der Waals surface area contributed by atoms with Crippen molar-refractivity contribution in [3.8, 4) is 5.88 Å². The Kier molecular flexibility index (Phi) is 5.31. The Hall–Kier alpha value is -2.37. The van der Waals surface area contributed by atoms with Gasteiger partial charge >= 0.3 is 0 Å². The van der Waals surface area contributed by atoms with Crippen LogP contribution in [0.1, 0.15) is 31.9 Å². The lowest BCUT2D eigenvalue weighted by molar-refractivity contribution is -0.124. The fraction of sp³-hybridized carbons (Fsp3) is 0.400. The summed E-state index contributed by atoms with van der Waals surface area (Å²) in [4.78, 5) is 16.5. The van der Waals surface area contributed by atoms with Crippen molar-refractivity contribution in [3.05, 3.63) is 42.4 Å². The number of carbonyl (C=O) groups is 1. The maximum absolute atomic E-state index is 12.3. The van der Waals surface area contributed by atoms with E-state index in [0.29, 0.717) is 25.5 Å². The van der Waals surface area contributed by atoms with Crippen molar-refractivity contribution in [1.82, 2.24) is 20.1 Å². The molecule has 6 nitrogen and oxygen atoms in total. The van der Waals surface area contributed by atoms with Crippen molar-refractivity contribution in [3.63, 3.8) is 0 Å². The van der Waals surface area contributed by atoms with E-state index in [1.807, 2.05) is 32.0 Å². The molecule has 0 aliphatic carbocycles. The van der Waals surface area contributed by atoms with Crippen LogP contribution < -0.4 is 10.1 Å². The molecule has 6 heteroatoms. The van der Waals surface area contributed by atoms with Crippen LogP contribution in [0.15, 0.2) is 36.8 Å². The largest absolute Gasteiger partial charge is 0.478 e. The zero-order chi connectivity index (χ0) is 15.1. The summed E-state index contributed by atoms with van der Waals surface area (Å²) in [6.07, 6.45) is 5.82. The average molecular weight is 288 g/mol. The Labute approximate surface area is 124 Å². The van der Waals surface area contributed by atoms with E-state index in [1.54, 1.807) is 23.3 Å². The normalized spacial score (nSPS) is 11.9. The van der Waals surface area contributed by atoms with Crippen LogP contribution in [0, 0.1) is 0 Å². The van der Waals surface area contributed by atoms with E-state index in [9.17, 15) is 4.79 Å². The summed E-state index contributed by atoms with van der Waals surface area (Å²) < 4.78 is 7.12. The molecule has 0 unspecified atom stereocenters. The summed E-state index contributed by atoms with van der Waals surface area (Å²) in [5.41, 5.74) is 0.864. The monoisotopic (exact) mass is 288 g/mol. The topological polar surface area (TPSA) is 69.0 Å². The SMILES string of the molecule is CCOc1ncccc1CNC(=O)[C@@H](CC)n1cccn1. The molecular weight excluding hydrogens is 268 g/mol. The first-order chi connectivity index (χ1) is 10.3. The van der Waals surface area contributed by atoms with E-state index in [-0.39, 0.29) is 11.9 Å². The lowest BCUT2D eigenvalue weighted by atomic mass is 10.2. The molecule has 1 N–H and O–H groups in total. The summed E-state index contributed by atoms with van der Waals surface area (Å²) in [7, 11) is 0. The molecule has 0 bridgehead atoms. The second kappa shape index (κ2) is 7.42. The maximum Gasteiger partial charge on any atom is 0.245 e. The number of pyridine rings is 1. The summed E-state index contributed by atoms with van der Waals surface area (Å²) in [6, 6.07) is 5.24. The predicted molar refractivity (Wildman–Crippen MR) is 78.8 cm³/mol. The number of nitrogens with zero attached hydrogens (tertiary/aromatic N) is 3. The Bertz CT molecular complexity index is 569. The van der Waals surface area contributed by atoms with Crippen LogP contribution in [0.25, 0.3) is 0 Å². The van der Waals surface area contributed by atoms with Gasteiger partial charge in [-0.3, -0.25) is 9.48 Å². The Balaban J connectivity index is 2.00. The highest BCUT2D eigenvalue weighted by Gasteiger charge is 2.18. The first kappa shape index (κ1) is 15.0. The average Bonchev–Trinajstić information content (AvgIpc) is 3.01. The predicted octanol–water partition coefficient (Wildman–Crippen LogP) is 1.94. The lowest BCUT2D eigenvalue weighted by Gasteiger charge is -2.16. The molecule has 1 atom stereocenters. The Morgan fingerprint density at radius 2 is 2.24 bits per heavy atom. The minimum absolute atomic E-state index is 0.0625. The summed E-state index contributed by atoms with van der Waals surface area (Å²) in [5, 5.41) is 7.05. The second-order valence-electron chi connectivity index (χ2n) is 4.53. The quantitative estimate of drug-likeness (QED) is 0.845. The molecule has 2 aromatic rings. The molecule has 0 spiro atoms. The van der Waals surface area contributed by atoms with Gasteiger partial charge in [0.15, 0.2) is 0 Å². The first-order valence-electron chi connectivity index (χ1n) is 7.09. The van der Waals surface area contributed by atoms with Gasteiger partial charge in [0.25, 0.3) is 0 Å². The number of carbonyl (C=O) groups excluding carboxylic acids is 1. The molecule has 0 aromatic carbocycles. The molecule has 112 valence electrons. The highest BCUT2D eigenvalue weighted by molar-refractivity contribution is 5.80. The van der Waals surface area contributed by atoms with Gasteiger partial charge < -0.3 is 10.1 Å². The van der Waals surface area contributed by atoms with Crippen LogP contribution >= 0.6 is 0 Å². The van der Waals surface area contributed by atoms with Crippen LogP contribution in [0.5, 0.6) is 5.88 Å². The van der Waals surface area contributed by atoms with E-state index in [1.165, 1.54) is 0 Å². The first-order valence-corrected chi connectivity index (χ1v) is 7.09. The summed E-state index contributed by atoms with van der Waals surface area (Å²) in [5.74, 6) is 0.500. The molecule has 0 saturated heterocycles. The van der Waals surface area contributed by atoms with Gasteiger partial charge in [-0.2, -0.15) is 5.10 Å². The third-order valence-corrected chi connectivity index (χ3v) is 3.12. The minimum Gasteiger partial charge on any atom is -0.478 e. The summed E-state index contributed by atoms with van der Waals surface area (Å²) >= 11 is 0. The molecule has 2 heterocycles. The van der Waals surface area contributed by atoms with Gasteiger partial charge in [-0.05, 0) is 25.5 Å². The fourth-order valence-corrected chi connectivity index (χ4v) is 2.08. The van der Waals surface area contributed by atoms with Crippen LogP contribution in [0.3, 0.4) is 0 Å². The fourth-order valence-electron chi connectivity index (χ4n) is 2.08. The lowest BCUT2D eigenvalue weighted by Crippen LogP contribution is -2.32. The van der Waals surface area contributed by atoms with E-state index in [0.717, 1.165) is 5.56 Å². The molecular formula is C15H20N4O2. The molecule has 1 amide bonds. The third kappa shape index (κ3) is 3.81. The summed E-state index contributed by atoms with van der Waals surface area (Å²) in [6.45, 7) is 4.80. The maximum atomic E-state index is 12.3. The highest BCUT2D eigenvalue weighted by atomic mass is 16.5. The molecule has 0 radical (unpaired) electrons. The van der Waals surface area contributed by atoms with E-state index >= 15 is 0 Å². The standard InChI is InChI=1S/C15H20N4O2/c1-3-13(19-10-6-9-18-19)14(20)17-11-12-7-5-8-16-15(12)21-4-2/h5-10,13H,3-4,11H2,1-2H3,(H,17,20)/t13-/m1/s1. The van der Waals surface area contributed by atoms with Gasteiger partial charge in [0.2, 0.25) is 11.8 Å². The Morgan fingerprint density at radius 1 is 1.38 bits per heavy atom. The van der Waals surface area contributed by atoms with Crippen molar-refractivity contribution in [2.45, 2.75) is 32.9 Å². The van der Waals surface area contributed by atoms with Crippen molar-refractivity contribution in [2.75, 3.05) is 6.61 Å². The number of nitrogens with one attached hydrogen (secondary N) is 1. The molecule has 21 heavy (non-hydrogen) atoms.